The number of rotatable bonds is 6. The van der Waals surface area contributed by atoms with Crippen LogP contribution in [-0.4, -0.2) is 26.7 Å². The minimum Gasteiger partial charge on any atom is -0.496 e. The third-order valence-corrected chi connectivity index (χ3v) is 3.49. The molecule has 9 heteroatoms. The van der Waals surface area contributed by atoms with Gasteiger partial charge in [-0.25, -0.2) is 0 Å². The van der Waals surface area contributed by atoms with Gasteiger partial charge in [0.2, 0.25) is 0 Å². The summed E-state index contributed by atoms with van der Waals surface area (Å²) in [6.07, 6.45) is -4.66. The van der Waals surface area contributed by atoms with Gasteiger partial charge >= 0.3 is 6.18 Å². The highest BCUT2D eigenvalue weighted by molar-refractivity contribution is 6.30. The maximum Gasteiger partial charge on any atom is 0.418 e. The number of benzene rings is 2. The van der Waals surface area contributed by atoms with Gasteiger partial charge < -0.3 is 19.5 Å². The minimum atomic E-state index is -4.66. The molecule has 2 aromatic carbocycles. The molecule has 0 unspecified atom stereocenters. The van der Waals surface area contributed by atoms with Gasteiger partial charge in [0.1, 0.15) is 17.2 Å². The molecule has 0 radical (unpaired) electrons. The van der Waals surface area contributed by atoms with Gasteiger partial charge in [0.15, 0.2) is 6.61 Å². The van der Waals surface area contributed by atoms with Crippen molar-refractivity contribution >= 4 is 23.2 Å². The van der Waals surface area contributed by atoms with Crippen molar-refractivity contribution in [1.82, 2.24) is 0 Å². The van der Waals surface area contributed by atoms with Gasteiger partial charge in [-0.15, -0.1) is 0 Å². The monoisotopic (exact) mass is 389 g/mol. The molecule has 0 spiro atoms. The zero-order valence-electron chi connectivity index (χ0n) is 13.8. The molecule has 2 aromatic rings. The number of ether oxygens (including phenoxy) is 3. The molecule has 5 nitrogen and oxygen atoms in total. The zero-order chi connectivity index (χ0) is 19.3. The maximum atomic E-state index is 13.0. The van der Waals surface area contributed by atoms with Gasteiger partial charge in [-0.1, -0.05) is 11.6 Å². The Labute approximate surface area is 152 Å². The van der Waals surface area contributed by atoms with E-state index in [0.29, 0.717) is 11.5 Å². The molecule has 0 fully saturated rings. The van der Waals surface area contributed by atoms with Crippen molar-refractivity contribution in [2.75, 3.05) is 26.1 Å². The van der Waals surface area contributed by atoms with E-state index in [0.717, 1.165) is 12.1 Å². The predicted molar refractivity (Wildman–Crippen MR) is 90.1 cm³/mol. The van der Waals surface area contributed by atoms with Crippen LogP contribution in [0, 0.1) is 0 Å². The Morgan fingerprint density at radius 2 is 1.62 bits per heavy atom. The summed E-state index contributed by atoms with van der Waals surface area (Å²) in [5, 5.41) is 2.08. The largest absolute Gasteiger partial charge is 0.496 e. The molecule has 0 saturated carbocycles. The number of halogens is 4. The van der Waals surface area contributed by atoms with Gasteiger partial charge in [-0.05, 0) is 18.2 Å². The molecule has 0 saturated heterocycles. The van der Waals surface area contributed by atoms with Crippen molar-refractivity contribution in [2.24, 2.45) is 0 Å². The standard InChI is InChI=1S/C17H15ClF3NO4/c1-24-11-6-12(25-2)8-13(7-11)26-9-16(23)22-15-4-3-10(18)5-14(15)17(19,20)21/h3-8H,9H2,1-2H3,(H,22,23). The van der Waals surface area contributed by atoms with Crippen LogP contribution in [0.5, 0.6) is 17.2 Å². The summed E-state index contributed by atoms with van der Waals surface area (Å²) in [5.41, 5.74) is -1.44. The van der Waals surface area contributed by atoms with E-state index in [2.05, 4.69) is 5.32 Å². The number of amides is 1. The number of nitrogens with one attached hydrogen (secondary N) is 1. The second-order valence-electron chi connectivity index (χ2n) is 5.07. The van der Waals surface area contributed by atoms with Gasteiger partial charge in [-0.3, -0.25) is 4.79 Å². The number of hydrogen-bond acceptors (Lipinski definition) is 4. The Morgan fingerprint density at radius 3 is 2.15 bits per heavy atom. The summed E-state index contributed by atoms with van der Waals surface area (Å²) >= 11 is 5.60. The molecule has 140 valence electrons. The predicted octanol–water partition coefficient (Wildman–Crippen LogP) is 4.39. The van der Waals surface area contributed by atoms with Crippen molar-refractivity contribution < 1.29 is 32.2 Å². The summed E-state index contributed by atoms with van der Waals surface area (Å²) < 4.78 is 54.5. The normalized spacial score (nSPS) is 11.0. The van der Waals surface area contributed by atoms with Gasteiger partial charge in [0.05, 0.1) is 25.5 Å². The quantitative estimate of drug-likeness (QED) is 0.796. The maximum absolute atomic E-state index is 13.0. The summed E-state index contributed by atoms with van der Waals surface area (Å²) in [6, 6.07) is 7.71. The van der Waals surface area contributed by atoms with E-state index in [9.17, 15) is 18.0 Å². The summed E-state index contributed by atoms with van der Waals surface area (Å²) in [7, 11) is 2.90. The van der Waals surface area contributed by atoms with E-state index in [1.807, 2.05) is 0 Å². The first-order valence-corrected chi connectivity index (χ1v) is 7.63. The number of methoxy groups -OCH3 is 2. The van der Waals surface area contributed by atoms with E-state index in [-0.39, 0.29) is 10.8 Å². The molecule has 2 rings (SSSR count). The lowest BCUT2D eigenvalue weighted by Gasteiger charge is -2.15. The van der Waals surface area contributed by atoms with Crippen molar-refractivity contribution in [2.45, 2.75) is 6.18 Å². The third-order valence-electron chi connectivity index (χ3n) is 3.26. The number of anilines is 1. The fourth-order valence-corrected chi connectivity index (χ4v) is 2.23. The van der Waals surface area contributed by atoms with E-state index < -0.39 is 29.9 Å². The molecule has 0 atom stereocenters. The fraction of sp³-hybridized carbons (Fsp3) is 0.235. The molecule has 0 heterocycles. The lowest BCUT2D eigenvalue weighted by atomic mass is 10.1. The molecule has 1 N–H and O–H groups in total. The van der Waals surface area contributed by atoms with Crippen LogP contribution in [0.25, 0.3) is 0 Å². The van der Waals surface area contributed by atoms with E-state index >= 15 is 0 Å². The Kier molecular flexibility index (Phi) is 6.20. The molecular weight excluding hydrogens is 375 g/mol. The zero-order valence-corrected chi connectivity index (χ0v) is 14.6. The van der Waals surface area contributed by atoms with Crippen molar-refractivity contribution in [3.05, 3.63) is 47.0 Å². The van der Waals surface area contributed by atoms with E-state index in [1.54, 1.807) is 6.07 Å². The Hall–Kier alpha value is -2.61. The molecule has 1 amide bonds. The van der Waals surface area contributed by atoms with Crippen molar-refractivity contribution in [1.29, 1.82) is 0 Å². The van der Waals surface area contributed by atoms with E-state index in [4.69, 9.17) is 25.8 Å². The molecule has 26 heavy (non-hydrogen) atoms. The Bertz CT molecular complexity index is 774. The SMILES string of the molecule is COc1cc(OC)cc(OCC(=O)Nc2ccc(Cl)cc2C(F)(F)F)c1. The molecule has 0 bridgehead atoms. The molecule has 0 aliphatic rings. The number of hydrogen-bond donors (Lipinski definition) is 1. The second-order valence-corrected chi connectivity index (χ2v) is 5.51. The number of carbonyl (C=O) groups excluding carboxylic acids is 1. The summed E-state index contributed by atoms with van der Waals surface area (Å²) in [6.45, 7) is -0.504. The van der Waals surface area contributed by atoms with Gasteiger partial charge in [0, 0.05) is 23.2 Å². The fourth-order valence-electron chi connectivity index (χ4n) is 2.06. The number of alkyl halides is 3. The summed E-state index contributed by atoms with van der Waals surface area (Å²) in [5.74, 6) is 0.386. The van der Waals surface area contributed by atoms with Crippen LogP contribution in [0.15, 0.2) is 36.4 Å². The summed E-state index contributed by atoms with van der Waals surface area (Å²) in [4.78, 5) is 12.0. The lowest BCUT2D eigenvalue weighted by Crippen LogP contribution is -2.22. The Balaban J connectivity index is 2.09. The lowest BCUT2D eigenvalue weighted by molar-refractivity contribution is -0.137. The minimum absolute atomic E-state index is 0.0879. The van der Waals surface area contributed by atoms with Crippen molar-refractivity contribution in [3.8, 4) is 17.2 Å². The first kappa shape index (κ1) is 19.7. The van der Waals surface area contributed by atoms with Crippen LogP contribution in [0.2, 0.25) is 5.02 Å². The highest BCUT2D eigenvalue weighted by atomic mass is 35.5. The van der Waals surface area contributed by atoms with Crippen LogP contribution in [0.1, 0.15) is 5.56 Å². The topological polar surface area (TPSA) is 56.8 Å². The van der Waals surface area contributed by atoms with Crippen LogP contribution in [0.4, 0.5) is 18.9 Å². The highest BCUT2D eigenvalue weighted by Gasteiger charge is 2.34. The van der Waals surface area contributed by atoms with Crippen LogP contribution >= 0.6 is 11.6 Å². The second kappa shape index (κ2) is 8.18. The average molecular weight is 390 g/mol. The first-order valence-electron chi connectivity index (χ1n) is 7.25. The number of carbonyl (C=O) groups is 1. The van der Waals surface area contributed by atoms with Crippen LogP contribution in [-0.2, 0) is 11.0 Å². The Morgan fingerprint density at radius 1 is 1.04 bits per heavy atom. The molecule has 0 aromatic heterocycles. The van der Waals surface area contributed by atoms with E-state index in [1.165, 1.54) is 32.4 Å². The first-order chi connectivity index (χ1) is 12.2. The molecule has 0 aliphatic heterocycles. The van der Waals surface area contributed by atoms with Gasteiger partial charge in [0.25, 0.3) is 5.91 Å². The highest BCUT2D eigenvalue weighted by Crippen LogP contribution is 2.36. The average Bonchev–Trinajstić information content (AvgIpc) is 2.60. The smallest absolute Gasteiger partial charge is 0.418 e. The van der Waals surface area contributed by atoms with Crippen molar-refractivity contribution in [3.63, 3.8) is 0 Å². The van der Waals surface area contributed by atoms with Crippen LogP contribution in [0.3, 0.4) is 0 Å². The third kappa shape index (κ3) is 5.19. The molecule has 0 aliphatic carbocycles. The van der Waals surface area contributed by atoms with Gasteiger partial charge in [-0.2, -0.15) is 13.2 Å². The van der Waals surface area contributed by atoms with Crippen LogP contribution < -0.4 is 19.5 Å². The molecular formula is C17H15ClF3NO4.